The fraction of sp³-hybridized carbons (Fsp3) is 0.533. The third-order valence-corrected chi connectivity index (χ3v) is 4.37. The molecule has 1 aromatic carbocycles. The summed E-state index contributed by atoms with van der Waals surface area (Å²) in [5.41, 5.74) is 0.186. The predicted molar refractivity (Wildman–Crippen MR) is 74.5 cm³/mol. The van der Waals surface area contributed by atoms with Gasteiger partial charge in [-0.3, -0.25) is 14.9 Å². The van der Waals surface area contributed by atoms with Crippen LogP contribution in [0.2, 0.25) is 0 Å². The number of hydrogen-bond acceptors (Lipinski definition) is 3. The van der Waals surface area contributed by atoms with Crippen molar-refractivity contribution in [3.63, 3.8) is 0 Å². The van der Waals surface area contributed by atoms with Gasteiger partial charge in [0, 0.05) is 12.1 Å². The Morgan fingerprint density at radius 3 is 2.35 bits per heavy atom. The molecule has 0 amide bonds. The molecule has 1 aliphatic rings. The van der Waals surface area contributed by atoms with E-state index in [9.17, 15) is 20.0 Å². The average molecular weight is 277 g/mol. The smallest absolute Gasteiger partial charge is 0.309 e. The first-order valence-electron chi connectivity index (χ1n) is 6.90. The minimum atomic E-state index is -0.747. The topological polar surface area (TPSA) is 80.4 Å². The Bertz CT molecular complexity index is 501. The molecule has 0 spiro atoms. The van der Waals surface area contributed by atoms with E-state index in [4.69, 9.17) is 0 Å². The second-order valence-electron chi connectivity index (χ2n) is 5.87. The van der Waals surface area contributed by atoms with Crippen LogP contribution in [0.5, 0.6) is 0 Å². The molecule has 5 nitrogen and oxygen atoms in total. The van der Waals surface area contributed by atoms with Crippen LogP contribution in [0.15, 0.2) is 24.3 Å². The number of carboxylic acid groups (broad SMARTS) is 1. The Labute approximate surface area is 117 Å². The van der Waals surface area contributed by atoms with Crippen LogP contribution < -0.4 is 0 Å². The summed E-state index contributed by atoms with van der Waals surface area (Å²) in [5, 5.41) is 20.2. The summed E-state index contributed by atoms with van der Waals surface area (Å²) in [6, 6.07) is 6.22. The zero-order valence-corrected chi connectivity index (χ0v) is 11.5. The fourth-order valence-electron chi connectivity index (χ4n) is 2.91. The molecule has 1 saturated carbocycles. The van der Waals surface area contributed by atoms with Crippen LogP contribution in [0.25, 0.3) is 0 Å². The van der Waals surface area contributed by atoms with Gasteiger partial charge in [0.05, 0.1) is 10.3 Å². The molecule has 1 aromatic rings. The number of benzene rings is 1. The SMILES string of the molecule is CC1CCC(Cc2ccc([N+](=O)[O-])cc2)(C(=O)O)CC1. The van der Waals surface area contributed by atoms with Gasteiger partial charge >= 0.3 is 5.97 Å². The number of carbonyl (C=O) groups is 1. The van der Waals surface area contributed by atoms with Crippen molar-refractivity contribution in [1.29, 1.82) is 0 Å². The summed E-state index contributed by atoms with van der Waals surface area (Å²) in [4.78, 5) is 21.8. The van der Waals surface area contributed by atoms with E-state index in [0.717, 1.165) is 18.4 Å². The molecule has 1 fully saturated rings. The van der Waals surface area contributed by atoms with Crippen LogP contribution in [0.1, 0.15) is 38.2 Å². The monoisotopic (exact) mass is 277 g/mol. The van der Waals surface area contributed by atoms with Crippen molar-refractivity contribution in [1.82, 2.24) is 0 Å². The number of non-ortho nitro benzene ring substituents is 1. The van der Waals surface area contributed by atoms with Crippen molar-refractivity contribution in [3.8, 4) is 0 Å². The van der Waals surface area contributed by atoms with Crippen molar-refractivity contribution < 1.29 is 14.8 Å². The highest BCUT2D eigenvalue weighted by Gasteiger charge is 2.41. The zero-order chi connectivity index (χ0) is 14.8. The minimum absolute atomic E-state index is 0.0374. The van der Waals surface area contributed by atoms with Gasteiger partial charge in [-0.05, 0) is 43.6 Å². The van der Waals surface area contributed by atoms with E-state index in [2.05, 4.69) is 6.92 Å². The highest BCUT2D eigenvalue weighted by atomic mass is 16.6. The van der Waals surface area contributed by atoms with E-state index in [-0.39, 0.29) is 5.69 Å². The molecule has 1 aliphatic carbocycles. The molecule has 2 rings (SSSR count). The van der Waals surface area contributed by atoms with Gasteiger partial charge in [0.25, 0.3) is 5.69 Å². The number of carboxylic acids is 1. The van der Waals surface area contributed by atoms with E-state index < -0.39 is 16.3 Å². The summed E-state index contributed by atoms with van der Waals surface area (Å²) in [6.45, 7) is 2.15. The predicted octanol–water partition coefficient (Wildman–Crippen LogP) is 3.42. The quantitative estimate of drug-likeness (QED) is 0.675. The lowest BCUT2D eigenvalue weighted by atomic mass is 9.68. The maximum atomic E-state index is 11.7. The number of hydrogen-bond donors (Lipinski definition) is 1. The van der Waals surface area contributed by atoms with E-state index in [0.29, 0.717) is 25.2 Å². The molecule has 0 unspecified atom stereocenters. The van der Waals surface area contributed by atoms with Gasteiger partial charge in [-0.15, -0.1) is 0 Å². The van der Waals surface area contributed by atoms with Crippen LogP contribution in [-0.2, 0) is 11.2 Å². The van der Waals surface area contributed by atoms with Crippen LogP contribution in [0.3, 0.4) is 0 Å². The van der Waals surface area contributed by atoms with Crippen molar-refractivity contribution in [3.05, 3.63) is 39.9 Å². The Hall–Kier alpha value is -1.91. The molecule has 108 valence electrons. The highest BCUT2D eigenvalue weighted by Crippen LogP contribution is 2.41. The summed E-state index contributed by atoms with van der Waals surface area (Å²) in [7, 11) is 0. The van der Waals surface area contributed by atoms with Crippen LogP contribution in [-0.4, -0.2) is 16.0 Å². The lowest BCUT2D eigenvalue weighted by Gasteiger charge is -2.35. The summed E-state index contributed by atoms with van der Waals surface area (Å²) >= 11 is 0. The Balaban J connectivity index is 2.16. The van der Waals surface area contributed by atoms with Crippen LogP contribution in [0, 0.1) is 21.4 Å². The van der Waals surface area contributed by atoms with Crippen molar-refractivity contribution in [2.75, 3.05) is 0 Å². The maximum absolute atomic E-state index is 11.7. The number of nitro groups is 1. The normalized spacial score (nSPS) is 26.1. The van der Waals surface area contributed by atoms with Crippen molar-refractivity contribution in [2.45, 2.75) is 39.0 Å². The third-order valence-electron chi connectivity index (χ3n) is 4.37. The highest BCUT2D eigenvalue weighted by molar-refractivity contribution is 5.75. The molecule has 0 bridgehead atoms. The van der Waals surface area contributed by atoms with Gasteiger partial charge in [-0.2, -0.15) is 0 Å². The second kappa shape index (κ2) is 5.61. The summed E-state index contributed by atoms with van der Waals surface area (Å²) in [6.07, 6.45) is 3.67. The average Bonchev–Trinajstić information content (AvgIpc) is 2.42. The standard InChI is InChI=1S/C15H19NO4/c1-11-6-8-15(9-7-11,14(17)18)10-12-2-4-13(5-3-12)16(19)20/h2-5,11H,6-10H2,1H3,(H,17,18). The van der Waals surface area contributed by atoms with Gasteiger partial charge in [0.1, 0.15) is 0 Å². The van der Waals surface area contributed by atoms with Gasteiger partial charge in [-0.1, -0.05) is 19.1 Å². The van der Waals surface area contributed by atoms with E-state index in [1.54, 1.807) is 12.1 Å². The molecule has 0 atom stereocenters. The van der Waals surface area contributed by atoms with Crippen LogP contribution in [0.4, 0.5) is 5.69 Å². The zero-order valence-electron chi connectivity index (χ0n) is 11.5. The van der Waals surface area contributed by atoms with E-state index in [1.165, 1.54) is 12.1 Å². The number of rotatable bonds is 4. The largest absolute Gasteiger partial charge is 0.481 e. The molecule has 1 N–H and O–H groups in total. The molecule has 0 radical (unpaired) electrons. The first-order chi connectivity index (χ1) is 9.43. The first kappa shape index (κ1) is 14.5. The summed E-state index contributed by atoms with van der Waals surface area (Å²) in [5.74, 6) is -0.165. The molecule has 0 aliphatic heterocycles. The lowest BCUT2D eigenvalue weighted by Crippen LogP contribution is -2.37. The molecular weight excluding hydrogens is 258 g/mol. The minimum Gasteiger partial charge on any atom is -0.481 e. The van der Waals surface area contributed by atoms with E-state index >= 15 is 0 Å². The maximum Gasteiger partial charge on any atom is 0.309 e. The van der Waals surface area contributed by atoms with Gasteiger partial charge in [0.15, 0.2) is 0 Å². The second-order valence-corrected chi connectivity index (χ2v) is 5.87. The Morgan fingerprint density at radius 1 is 1.35 bits per heavy atom. The van der Waals surface area contributed by atoms with E-state index in [1.807, 2.05) is 0 Å². The Kier molecular flexibility index (Phi) is 4.06. The lowest BCUT2D eigenvalue weighted by molar-refractivity contribution is -0.384. The molecule has 0 saturated heterocycles. The third kappa shape index (κ3) is 2.98. The number of nitrogens with zero attached hydrogens (tertiary/aromatic N) is 1. The van der Waals surface area contributed by atoms with Gasteiger partial charge < -0.3 is 5.11 Å². The molecule has 0 aromatic heterocycles. The Morgan fingerprint density at radius 2 is 1.90 bits per heavy atom. The van der Waals surface area contributed by atoms with Crippen molar-refractivity contribution in [2.24, 2.45) is 11.3 Å². The summed E-state index contributed by atoms with van der Waals surface area (Å²) < 4.78 is 0. The number of aliphatic carboxylic acids is 1. The van der Waals surface area contributed by atoms with Gasteiger partial charge in [-0.25, -0.2) is 0 Å². The van der Waals surface area contributed by atoms with Crippen LogP contribution >= 0.6 is 0 Å². The van der Waals surface area contributed by atoms with Gasteiger partial charge in [0.2, 0.25) is 0 Å². The molecule has 0 heterocycles. The number of nitro benzene ring substituents is 1. The molecular formula is C15H19NO4. The first-order valence-corrected chi connectivity index (χ1v) is 6.90. The molecule has 20 heavy (non-hydrogen) atoms. The van der Waals surface area contributed by atoms with Crippen molar-refractivity contribution >= 4 is 11.7 Å². The fourth-order valence-corrected chi connectivity index (χ4v) is 2.91. The molecule has 5 heteroatoms.